The SMILES string of the molecule is CCCOc1ccccc1NC(=O)c1cn2c(C)cccc2n1. The van der Waals surface area contributed by atoms with Crippen molar-refractivity contribution in [3.05, 3.63) is 60.0 Å². The Balaban J connectivity index is 1.85. The molecule has 2 heterocycles. The van der Waals surface area contributed by atoms with Gasteiger partial charge in [-0.1, -0.05) is 25.1 Å². The zero-order chi connectivity index (χ0) is 16.2. The van der Waals surface area contributed by atoms with Crippen molar-refractivity contribution < 1.29 is 9.53 Å². The largest absolute Gasteiger partial charge is 0.491 e. The van der Waals surface area contributed by atoms with Crippen molar-refractivity contribution in [3.8, 4) is 5.75 Å². The van der Waals surface area contributed by atoms with E-state index in [-0.39, 0.29) is 5.91 Å². The van der Waals surface area contributed by atoms with E-state index in [1.54, 1.807) is 6.20 Å². The molecule has 3 aromatic rings. The topological polar surface area (TPSA) is 55.6 Å². The summed E-state index contributed by atoms with van der Waals surface area (Å²) in [6.07, 6.45) is 2.66. The molecular weight excluding hydrogens is 290 g/mol. The average molecular weight is 309 g/mol. The van der Waals surface area contributed by atoms with Gasteiger partial charge < -0.3 is 14.5 Å². The molecule has 0 aliphatic heterocycles. The summed E-state index contributed by atoms with van der Waals surface area (Å²) in [5.74, 6) is 0.420. The number of nitrogens with one attached hydrogen (secondary N) is 1. The summed E-state index contributed by atoms with van der Waals surface area (Å²) in [6, 6.07) is 13.2. The van der Waals surface area contributed by atoms with E-state index >= 15 is 0 Å². The first-order valence-corrected chi connectivity index (χ1v) is 7.67. The minimum absolute atomic E-state index is 0.249. The van der Waals surface area contributed by atoms with Crippen LogP contribution in [0.5, 0.6) is 5.75 Å². The maximum atomic E-state index is 12.5. The molecule has 1 amide bonds. The fourth-order valence-corrected chi connectivity index (χ4v) is 2.35. The minimum atomic E-state index is -0.249. The maximum absolute atomic E-state index is 12.5. The van der Waals surface area contributed by atoms with Crippen LogP contribution < -0.4 is 10.1 Å². The van der Waals surface area contributed by atoms with E-state index in [1.807, 2.05) is 60.7 Å². The molecule has 1 aromatic carbocycles. The molecule has 5 heteroatoms. The van der Waals surface area contributed by atoms with Gasteiger partial charge in [-0.3, -0.25) is 4.79 Å². The van der Waals surface area contributed by atoms with Crippen LogP contribution in [0.25, 0.3) is 5.65 Å². The lowest BCUT2D eigenvalue weighted by Gasteiger charge is -2.11. The van der Waals surface area contributed by atoms with E-state index in [1.165, 1.54) is 0 Å². The molecule has 0 atom stereocenters. The van der Waals surface area contributed by atoms with Gasteiger partial charge in [0.25, 0.3) is 5.91 Å². The molecule has 0 aliphatic rings. The quantitative estimate of drug-likeness (QED) is 0.782. The van der Waals surface area contributed by atoms with Gasteiger partial charge in [-0.2, -0.15) is 0 Å². The van der Waals surface area contributed by atoms with E-state index in [9.17, 15) is 4.79 Å². The Morgan fingerprint density at radius 3 is 2.83 bits per heavy atom. The van der Waals surface area contributed by atoms with Crippen LogP contribution in [0.4, 0.5) is 5.69 Å². The Labute approximate surface area is 134 Å². The van der Waals surface area contributed by atoms with Gasteiger partial charge in [-0.05, 0) is 37.6 Å². The Kier molecular flexibility index (Phi) is 4.28. The summed E-state index contributed by atoms with van der Waals surface area (Å²) < 4.78 is 7.56. The highest BCUT2D eigenvalue weighted by atomic mass is 16.5. The first kappa shape index (κ1) is 15.1. The van der Waals surface area contributed by atoms with Gasteiger partial charge in [0.1, 0.15) is 17.1 Å². The minimum Gasteiger partial charge on any atom is -0.491 e. The lowest BCUT2D eigenvalue weighted by molar-refractivity contribution is 0.102. The van der Waals surface area contributed by atoms with Crippen LogP contribution in [-0.4, -0.2) is 21.9 Å². The third-order valence-corrected chi connectivity index (χ3v) is 3.53. The number of nitrogens with zero attached hydrogens (tertiary/aromatic N) is 2. The van der Waals surface area contributed by atoms with E-state index in [4.69, 9.17) is 4.74 Å². The summed E-state index contributed by atoms with van der Waals surface area (Å²) in [4.78, 5) is 16.9. The average Bonchev–Trinajstić information content (AvgIpc) is 3.00. The van der Waals surface area contributed by atoms with Crippen LogP contribution in [0, 0.1) is 6.92 Å². The number of carbonyl (C=O) groups excluding carboxylic acids is 1. The van der Waals surface area contributed by atoms with Gasteiger partial charge in [0.15, 0.2) is 0 Å². The number of imidazole rings is 1. The molecular formula is C18H19N3O2. The Morgan fingerprint density at radius 1 is 1.22 bits per heavy atom. The molecule has 0 aliphatic carbocycles. The fraction of sp³-hybridized carbons (Fsp3) is 0.222. The van der Waals surface area contributed by atoms with Crippen LogP contribution in [0.15, 0.2) is 48.7 Å². The Morgan fingerprint density at radius 2 is 2.04 bits per heavy atom. The number of rotatable bonds is 5. The molecule has 5 nitrogen and oxygen atoms in total. The molecule has 118 valence electrons. The zero-order valence-electron chi connectivity index (χ0n) is 13.2. The summed E-state index contributed by atoms with van der Waals surface area (Å²) in [5, 5.41) is 2.88. The van der Waals surface area contributed by atoms with E-state index in [2.05, 4.69) is 10.3 Å². The third kappa shape index (κ3) is 3.18. The number of benzene rings is 1. The molecule has 0 spiro atoms. The van der Waals surface area contributed by atoms with Gasteiger partial charge in [-0.15, -0.1) is 0 Å². The maximum Gasteiger partial charge on any atom is 0.275 e. The van der Waals surface area contributed by atoms with E-state index in [0.717, 1.165) is 17.8 Å². The fourth-order valence-electron chi connectivity index (χ4n) is 2.35. The summed E-state index contributed by atoms with van der Waals surface area (Å²) in [5.41, 5.74) is 2.82. The van der Waals surface area contributed by atoms with Crippen LogP contribution in [0.2, 0.25) is 0 Å². The van der Waals surface area contributed by atoms with Crippen molar-refractivity contribution >= 4 is 17.2 Å². The molecule has 2 aromatic heterocycles. The molecule has 23 heavy (non-hydrogen) atoms. The number of aromatic nitrogens is 2. The Hall–Kier alpha value is -2.82. The van der Waals surface area contributed by atoms with Gasteiger partial charge in [0.2, 0.25) is 0 Å². The lowest BCUT2D eigenvalue weighted by Crippen LogP contribution is -2.13. The molecule has 0 fully saturated rings. The highest BCUT2D eigenvalue weighted by molar-refractivity contribution is 6.04. The number of hydrogen-bond donors (Lipinski definition) is 1. The Bertz CT molecular complexity index is 839. The van der Waals surface area contributed by atoms with Gasteiger partial charge in [-0.25, -0.2) is 4.98 Å². The van der Waals surface area contributed by atoms with Crippen LogP contribution in [0.3, 0.4) is 0 Å². The highest BCUT2D eigenvalue weighted by Gasteiger charge is 2.13. The van der Waals surface area contributed by atoms with Gasteiger partial charge in [0, 0.05) is 11.9 Å². The summed E-state index contributed by atoms with van der Waals surface area (Å²) in [7, 11) is 0. The predicted octanol–water partition coefficient (Wildman–Crippen LogP) is 3.68. The zero-order valence-corrected chi connectivity index (χ0v) is 13.2. The van der Waals surface area contributed by atoms with Gasteiger partial charge >= 0.3 is 0 Å². The molecule has 0 saturated heterocycles. The number of pyridine rings is 1. The van der Waals surface area contributed by atoms with Crippen molar-refractivity contribution in [1.29, 1.82) is 0 Å². The van der Waals surface area contributed by atoms with E-state index < -0.39 is 0 Å². The summed E-state index contributed by atoms with van der Waals surface area (Å²) in [6.45, 7) is 4.63. The number of anilines is 1. The number of para-hydroxylation sites is 2. The predicted molar refractivity (Wildman–Crippen MR) is 90.1 cm³/mol. The van der Waals surface area contributed by atoms with Crippen molar-refractivity contribution in [1.82, 2.24) is 9.38 Å². The van der Waals surface area contributed by atoms with Crippen molar-refractivity contribution in [2.24, 2.45) is 0 Å². The second kappa shape index (κ2) is 6.52. The first-order valence-electron chi connectivity index (χ1n) is 7.67. The monoisotopic (exact) mass is 309 g/mol. The smallest absolute Gasteiger partial charge is 0.275 e. The standard InChI is InChI=1S/C18H19N3O2/c1-3-11-23-16-9-5-4-8-14(16)20-18(22)15-12-21-13(2)7-6-10-17(21)19-15/h4-10,12H,3,11H2,1-2H3,(H,20,22). The third-order valence-electron chi connectivity index (χ3n) is 3.53. The van der Waals surface area contributed by atoms with Crippen molar-refractivity contribution in [3.63, 3.8) is 0 Å². The molecule has 0 bridgehead atoms. The number of ether oxygens (including phenoxy) is 1. The van der Waals surface area contributed by atoms with Crippen LogP contribution in [-0.2, 0) is 0 Å². The first-order chi connectivity index (χ1) is 11.2. The normalized spacial score (nSPS) is 10.7. The molecule has 3 rings (SSSR count). The van der Waals surface area contributed by atoms with Crippen LogP contribution >= 0.6 is 0 Å². The second-order valence-corrected chi connectivity index (χ2v) is 5.32. The lowest BCUT2D eigenvalue weighted by atomic mass is 10.3. The van der Waals surface area contributed by atoms with Crippen molar-refractivity contribution in [2.75, 3.05) is 11.9 Å². The molecule has 0 saturated carbocycles. The number of carbonyl (C=O) groups is 1. The number of aryl methyl sites for hydroxylation is 1. The highest BCUT2D eigenvalue weighted by Crippen LogP contribution is 2.24. The molecule has 0 unspecified atom stereocenters. The molecule has 0 radical (unpaired) electrons. The summed E-state index contributed by atoms with van der Waals surface area (Å²) >= 11 is 0. The number of hydrogen-bond acceptors (Lipinski definition) is 3. The van der Waals surface area contributed by atoms with E-state index in [0.29, 0.717) is 23.7 Å². The number of amides is 1. The van der Waals surface area contributed by atoms with Crippen LogP contribution in [0.1, 0.15) is 29.5 Å². The number of fused-ring (bicyclic) bond motifs is 1. The van der Waals surface area contributed by atoms with Crippen molar-refractivity contribution in [2.45, 2.75) is 20.3 Å². The molecule has 1 N–H and O–H groups in total. The van der Waals surface area contributed by atoms with Gasteiger partial charge in [0.05, 0.1) is 12.3 Å². The second-order valence-electron chi connectivity index (χ2n) is 5.32.